The van der Waals surface area contributed by atoms with Gasteiger partial charge in [0.05, 0.1) is 0 Å². The summed E-state index contributed by atoms with van der Waals surface area (Å²) in [5.74, 6) is 2.21. The predicted octanol–water partition coefficient (Wildman–Crippen LogP) is 4.22. The Kier molecular flexibility index (Phi) is 3.50. The molecule has 1 nitrogen and oxygen atoms in total. The highest BCUT2D eigenvalue weighted by atomic mass is 15.1. The van der Waals surface area contributed by atoms with Crippen molar-refractivity contribution in [2.24, 2.45) is 0 Å². The number of hydrogen-bond donors (Lipinski definition) is 0. The molecule has 0 bridgehead atoms. The summed E-state index contributed by atoms with van der Waals surface area (Å²) in [5.41, 5.74) is 2.41. The van der Waals surface area contributed by atoms with Crippen molar-refractivity contribution in [1.29, 1.82) is 0 Å². The maximum Gasteiger partial charge on any atom is 0.293 e. The summed E-state index contributed by atoms with van der Waals surface area (Å²) in [6.07, 6.45) is 8.47. The third-order valence-corrected chi connectivity index (χ3v) is 3.21. The Labute approximate surface area is 115 Å². The van der Waals surface area contributed by atoms with E-state index >= 15 is 0 Å². The lowest BCUT2D eigenvalue weighted by Gasteiger charge is -2.30. The fraction of sp³-hybridized carbons (Fsp3) is 0. The Morgan fingerprint density at radius 3 is 1.68 bits per heavy atom. The van der Waals surface area contributed by atoms with Crippen molar-refractivity contribution in [3.63, 3.8) is 0 Å². The highest BCUT2D eigenvalue weighted by Crippen LogP contribution is 2.28. The van der Waals surface area contributed by atoms with Crippen LogP contribution in [0.15, 0.2) is 84.9 Å². The van der Waals surface area contributed by atoms with Gasteiger partial charge in [-0.3, -0.25) is 0 Å². The van der Waals surface area contributed by atoms with Crippen molar-refractivity contribution in [3.05, 3.63) is 91.2 Å². The number of benzene rings is 2. The van der Waals surface area contributed by atoms with E-state index in [2.05, 4.69) is 83.9 Å². The van der Waals surface area contributed by atoms with E-state index in [-0.39, 0.29) is 6.85 Å². The van der Waals surface area contributed by atoms with Crippen molar-refractivity contribution in [2.75, 3.05) is 4.81 Å². The van der Waals surface area contributed by atoms with Crippen molar-refractivity contribution in [2.45, 2.75) is 0 Å². The third kappa shape index (κ3) is 2.63. The molecule has 0 aliphatic carbocycles. The van der Waals surface area contributed by atoms with Crippen LogP contribution in [-0.2, 0) is 0 Å². The minimum Gasteiger partial charge on any atom is -0.381 e. The van der Waals surface area contributed by atoms with Crippen LogP contribution in [0.1, 0.15) is 0 Å². The molecule has 2 heteroatoms. The summed E-state index contributed by atoms with van der Waals surface area (Å²) in [6, 6.07) is 21.0. The molecule has 1 aliphatic heterocycles. The summed E-state index contributed by atoms with van der Waals surface area (Å²) in [4.78, 5) is 2.33. The van der Waals surface area contributed by atoms with E-state index in [9.17, 15) is 0 Å². The maximum atomic E-state index is 2.33. The van der Waals surface area contributed by atoms with Crippen LogP contribution in [0, 0.1) is 6.32 Å². The molecule has 2 aromatic rings. The number of anilines is 2. The molecule has 0 unspecified atom stereocenters. The summed E-state index contributed by atoms with van der Waals surface area (Å²) in [6.45, 7) is 0.259. The van der Waals surface area contributed by atoms with Crippen LogP contribution in [0.25, 0.3) is 0 Å². The van der Waals surface area contributed by atoms with Gasteiger partial charge in [0, 0.05) is 11.4 Å². The molecular formula is C17H15BN. The number of allylic oxidation sites excluding steroid dienone is 3. The van der Waals surface area contributed by atoms with E-state index < -0.39 is 0 Å². The topological polar surface area (TPSA) is 3.24 Å². The number of nitrogens with zero attached hydrogens (tertiary/aromatic N) is 1. The molecular weight excluding hydrogens is 229 g/mol. The standard InChI is InChI=1S/C17H15BN/c1-4-10-16(11-5-1)19(17-12-6-2-7-13-17)18-14-8-3-9-15-18/h1-15H. The largest absolute Gasteiger partial charge is 0.381 e. The van der Waals surface area contributed by atoms with Crippen molar-refractivity contribution in [3.8, 4) is 0 Å². The van der Waals surface area contributed by atoms with Crippen LogP contribution in [0.2, 0.25) is 0 Å². The average molecular weight is 244 g/mol. The second kappa shape index (κ2) is 5.62. The molecule has 1 aliphatic rings. The Bertz CT molecular complexity index is 535. The van der Waals surface area contributed by atoms with Crippen LogP contribution < -0.4 is 4.81 Å². The minimum atomic E-state index is 0.259. The van der Waals surface area contributed by atoms with Gasteiger partial charge in [0.1, 0.15) is 0 Å². The predicted molar refractivity (Wildman–Crippen MR) is 83.4 cm³/mol. The number of para-hydroxylation sites is 2. The van der Waals surface area contributed by atoms with Crippen LogP contribution in [-0.4, -0.2) is 6.85 Å². The molecule has 0 saturated carbocycles. The normalized spacial score (nSPS) is 13.6. The highest BCUT2D eigenvalue weighted by molar-refractivity contribution is 6.74. The first-order valence-corrected chi connectivity index (χ1v) is 6.53. The Morgan fingerprint density at radius 1 is 0.632 bits per heavy atom. The van der Waals surface area contributed by atoms with Gasteiger partial charge in [-0.1, -0.05) is 60.6 Å². The molecule has 1 heterocycles. The van der Waals surface area contributed by atoms with Crippen molar-refractivity contribution >= 4 is 18.2 Å². The molecule has 2 aromatic carbocycles. The first-order valence-electron chi connectivity index (χ1n) is 6.53. The first-order chi connectivity index (χ1) is 9.45. The molecule has 0 atom stereocenters. The monoisotopic (exact) mass is 244 g/mol. The third-order valence-electron chi connectivity index (χ3n) is 3.21. The highest BCUT2D eigenvalue weighted by Gasteiger charge is 2.22. The first kappa shape index (κ1) is 11.9. The van der Waals surface area contributed by atoms with E-state index in [1.807, 2.05) is 12.1 Å². The zero-order chi connectivity index (χ0) is 12.9. The molecule has 0 amide bonds. The summed E-state index contributed by atoms with van der Waals surface area (Å²) in [7, 11) is 0. The summed E-state index contributed by atoms with van der Waals surface area (Å²) < 4.78 is 0. The lowest BCUT2D eigenvalue weighted by Crippen LogP contribution is -2.35. The van der Waals surface area contributed by atoms with E-state index in [0.717, 1.165) is 0 Å². The van der Waals surface area contributed by atoms with Gasteiger partial charge < -0.3 is 4.81 Å². The molecule has 0 saturated heterocycles. The molecule has 0 spiro atoms. The zero-order valence-electron chi connectivity index (χ0n) is 10.7. The van der Waals surface area contributed by atoms with Gasteiger partial charge in [-0.15, -0.1) is 0 Å². The van der Waals surface area contributed by atoms with Gasteiger partial charge in [0.25, 0.3) is 6.85 Å². The molecule has 91 valence electrons. The summed E-state index contributed by atoms with van der Waals surface area (Å²) in [5, 5.41) is 0. The van der Waals surface area contributed by atoms with Gasteiger partial charge in [-0.25, -0.2) is 0 Å². The van der Waals surface area contributed by atoms with E-state index in [4.69, 9.17) is 0 Å². The van der Waals surface area contributed by atoms with Gasteiger partial charge in [0.15, 0.2) is 0 Å². The fourth-order valence-corrected chi connectivity index (χ4v) is 2.33. The van der Waals surface area contributed by atoms with Crippen LogP contribution >= 0.6 is 0 Å². The Morgan fingerprint density at radius 2 is 1.21 bits per heavy atom. The van der Waals surface area contributed by atoms with Gasteiger partial charge in [-0.2, -0.15) is 0 Å². The number of rotatable bonds is 3. The SMILES string of the molecule is [CH]1C=CC=CB1N(c1ccccc1)c1ccccc1. The van der Waals surface area contributed by atoms with E-state index in [0.29, 0.717) is 0 Å². The summed E-state index contributed by atoms with van der Waals surface area (Å²) >= 11 is 0. The van der Waals surface area contributed by atoms with Gasteiger partial charge in [-0.05, 0) is 30.6 Å². The van der Waals surface area contributed by atoms with Crippen LogP contribution in [0.3, 0.4) is 0 Å². The number of hydrogen-bond acceptors (Lipinski definition) is 1. The Hall–Kier alpha value is -2.22. The van der Waals surface area contributed by atoms with Gasteiger partial charge in [0.2, 0.25) is 0 Å². The van der Waals surface area contributed by atoms with Crippen molar-refractivity contribution in [1.82, 2.24) is 0 Å². The molecule has 1 radical (unpaired) electrons. The van der Waals surface area contributed by atoms with E-state index in [1.165, 1.54) is 11.4 Å². The zero-order valence-corrected chi connectivity index (χ0v) is 10.7. The lowest BCUT2D eigenvalue weighted by atomic mass is 9.55. The molecule has 0 aromatic heterocycles. The van der Waals surface area contributed by atoms with Crippen LogP contribution in [0.5, 0.6) is 0 Å². The molecule has 3 rings (SSSR count). The van der Waals surface area contributed by atoms with Crippen LogP contribution in [0.4, 0.5) is 11.4 Å². The van der Waals surface area contributed by atoms with E-state index in [1.54, 1.807) is 0 Å². The smallest absolute Gasteiger partial charge is 0.293 e. The second-order valence-electron chi connectivity index (χ2n) is 4.49. The second-order valence-corrected chi connectivity index (χ2v) is 4.49. The quantitative estimate of drug-likeness (QED) is 0.730. The molecule has 0 fully saturated rings. The maximum absolute atomic E-state index is 2.33. The Balaban J connectivity index is 2.01. The van der Waals surface area contributed by atoms with Crippen molar-refractivity contribution < 1.29 is 0 Å². The average Bonchev–Trinajstić information content (AvgIpc) is 2.51. The molecule has 19 heavy (non-hydrogen) atoms. The fourth-order valence-electron chi connectivity index (χ4n) is 2.33. The minimum absolute atomic E-state index is 0.259. The van der Waals surface area contributed by atoms with Gasteiger partial charge >= 0.3 is 0 Å². The lowest BCUT2D eigenvalue weighted by molar-refractivity contribution is 1.37. The molecule has 0 N–H and O–H groups in total.